The Morgan fingerprint density at radius 2 is 1.55 bits per heavy atom. The molecule has 4 N–H and O–H groups in total. The second-order valence-corrected chi connectivity index (χ2v) is 10.8. The number of nitrogens with zero attached hydrogens (tertiary/aromatic N) is 1. The fourth-order valence-electron chi connectivity index (χ4n) is 4.54. The van der Waals surface area contributed by atoms with Crippen LogP contribution in [0.25, 0.3) is 0 Å². The normalized spacial score (nSPS) is 16.5. The van der Waals surface area contributed by atoms with Crippen LogP contribution in [0.1, 0.15) is 74.1 Å². The minimum absolute atomic E-state index is 0.0259. The quantitative estimate of drug-likeness (QED) is 0.252. The smallest absolute Gasteiger partial charge is 0.452 e. The summed E-state index contributed by atoms with van der Waals surface area (Å²) in [6, 6.07) is 0.749. The van der Waals surface area contributed by atoms with Crippen LogP contribution in [-0.4, -0.2) is 82.8 Å². The monoisotopic (exact) mass is 598 g/mol. The largest absolute Gasteiger partial charge is 0.481 e. The van der Waals surface area contributed by atoms with Crippen LogP contribution >= 0.6 is 0 Å². The van der Waals surface area contributed by atoms with E-state index in [2.05, 4.69) is 16.0 Å². The van der Waals surface area contributed by atoms with Crippen LogP contribution in [-0.2, 0) is 19.2 Å². The van der Waals surface area contributed by atoms with E-state index in [1.807, 2.05) is 0 Å². The molecular weight excluding hydrogens is 561 g/mol. The maximum absolute atomic E-state index is 13.8. The van der Waals surface area contributed by atoms with Crippen LogP contribution in [0, 0.1) is 11.8 Å². The van der Waals surface area contributed by atoms with Crippen molar-refractivity contribution in [1.82, 2.24) is 20.9 Å². The Kier molecular flexibility index (Phi) is 12.2. The van der Waals surface area contributed by atoms with E-state index in [1.54, 1.807) is 0 Å². The predicted octanol–water partition coefficient (Wildman–Crippen LogP) is 2.30. The summed E-state index contributed by atoms with van der Waals surface area (Å²) in [5.41, 5.74) is 0.211. The standard InChI is InChI=1S/C28H37F3N4O7/c1-15(2)21(34-25(40)18-11-9-17(10-12-18)24(39)33-14-6-8-20(36)37)27(42)35(26(41)19-7-5-13-32-19)22(16(3)4)23(38)28(29,30)31/h9-12,15-16,19,21-22,32H,5-8,13-14H2,1-4H3,(H,33,39)(H,34,40)(H,36,37)/t19-,21-,22?/m0/s1. The molecule has 0 aliphatic carbocycles. The van der Waals surface area contributed by atoms with Crippen LogP contribution < -0.4 is 16.0 Å². The number of ketones is 1. The number of carbonyl (C=O) groups is 6. The molecule has 1 heterocycles. The zero-order valence-electron chi connectivity index (χ0n) is 23.9. The lowest BCUT2D eigenvalue weighted by Gasteiger charge is -2.37. The lowest BCUT2D eigenvalue weighted by Crippen LogP contribution is -2.63. The molecule has 42 heavy (non-hydrogen) atoms. The number of Topliss-reactive ketones (excluding diaryl/α,β-unsaturated/α-hetero) is 1. The van der Waals surface area contributed by atoms with Crippen LogP contribution in [0.15, 0.2) is 24.3 Å². The summed E-state index contributed by atoms with van der Waals surface area (Å²) in [5.74, 6) is -8.36. The van der Waals surface area contributed by atoms with Crippen LogP contribution in [0.4, 0.5) is 13.2 Å². The zero-order valence-corrected chi connectivity index (χ0v) is 23.9. The molecule has 1 fully saturated rings. The van der Waals surface area contributed by atoms with E-state index < -0.39 is 71.5 Å². The molecule has 0 aromatic heterocycles. The summed E-state index contributed by atoms with van der Waals surface area (Å²) < 4.78 is 40.8. The van der Waals surface area contributed by atoms with E-state index in [1.165, 1.54) is 52.0 Å². The fourth-order valence-corrected chi connectivity index (χ4v) is 4.54. The fraction of sp³-hybridized carbons (Fsp3) is 0.571. The molecule has 3 atom stereocenters. The Balaban J connectivity index is 2.30. The highest BCUT2D eigenvalue weighted by Gasteiger charge is 2.51. The number of aliphatic carboxylic acids is 1. The molecule has 14 heteroatoms. The molecule has 11 nitrogen and oxygen atoms in total. The van der Waals surface area contributed by atoms with Gasteiger partial charge in [0.2, 0.25) is 5.91 Å². The number of halogens is 3. The molecule has 0 saturated carbocycles. The number of alkyl halides is 3. The average molecular weight is 599 g/mol. The Morgan fingerprint density at radius 3 is 2.00 bits per heavy atom. The number of carboxylic acids is 1. The topological polar surface area (TPSA) is 162 Å². The molecule has 1 unspecified atom stereocenters. The molecule has 0 bridgehead atoms. The van der Waals surface area contributed by atoms with Gasteiger partial charge in [0.15, 0.2) is 0 Å². The Labute approximate surface area is 241 Å². The van der Waals surface area contributed by atoms with Crippen LogP contribution in [0.3, 0.4) is 0 Å². The van der Waals surface area contributed by atoms with Crippen molar-refractivity contribution in [2.75, 3.05) is 13.1 Å². The molecule has 0 spiro atoms. The number of carbonyl (C=O) groups excluding carboxylic acids is 5. The van der Waals surface area contributed by atoms with Crippen LogP contribution in [0.2, 0.25) is 0 Å². The highest BCUT2D eigenvalue weighted by atomic mass is 19.4. The van der Waals surface area contributed by atoms with Gasteiger partial charge in [0.05, 0.1) is 6.04 Å². The molecule has 1 aliphatic heterocycles. The van der Waals surface area contributed by atoms with Gasteiger partial charge >= 0.3 is 12.1 Å². The first-order chi connectivity index (χ1) is 19.6. The number of carboxylic acid groups (broad SMARTS) is 1. The lowest BCUT2D eigenvalue weighted by molar-refractivity contribution is -0.182. The van der Waals surface area contributed by atoms with E-state index >= 15 is 0 Å². The third-order valence-electron chi connectivity index (χ3n) is 6.77. The third-order valence-corrected chi connectivity index (χ3v) is 6.77. The SMILES string of the molecule is CC(C)C(C(=O)C(F)(F)F)N(C(=O)[C@@H]1CCCN1)C(=O)[C@@H](NC(=O)c1ccc(C(=O)NCCCC(=O)O)cc1)C(C)C. The molecule has 1 aromatic rings. The molecule has 1 aromatic carbocycles. The first-order valence-electron chi connectivity index (χ1n) is 13.7. The van der Waals surface area contributed by atoms with Crippen molar-refractivity contribution < 1.29 is 47.0 Å². The van der Waals surface area contributed by atoms with Gasteiger partial charge in [-0.2, -0.15) is 13.2 Å². The van der Waals surface area contributed by atoms with E-state index in [9.17, 15) is 41.9 Å². The van der Waals surface area contributed by atoms with E-state index in [4.69, 9.17) is 5.11 Å². The number of benzene rings is 1. The van der Waals surface area contributed by atoms with E-state index in [0.717, 1.165) is 0 Å². The molecule has 0 radical (unpaired) electrons. The Hall–Kier alpha value is -3.81. The van der Waals surface area contributed by atoms with Gasteiger partial charge in [-0.15, -0.1) is 0 Å². The Bertz CT molecular complexity index is 1160. The average Bonchev–Trinajstić information content (AvgIpc) is 3.45. The zero-order chi connectivity index (χ0) is 31.8. The number of amides is 4. The molecule has 2 rings (SSSR count). The van der Waals surface area contributed by atoms with Gasteiger partial charge in [-0.3, -0.25) is 33.7 Å². The number of hydrogen-bond donors (Lipinski definition) is 4. The summed E-state index contributed by atoms with van der Waals surface area (Å²) >= 11 is 0. The number of hydrogen-bond acceptors (Lipinski definition) is 7. The Morgan fingerprint density at radius 1 is 0.976 bits per heavy atom. The molecule has 232 valence electrons. The van der Waals surface area contributed by atoms with Crippen molar-refractivity contribution in [3.63, 3.8) is 0 Å². The van der Waals surface area contributed by atoms with Gasteiger partial charge in [0, 0.05) is 24.1 Å². The predicted molar refractivity (Wildman–Crippen MR) is 144 cm³/mol. The molecule has 4 amide bonds. The lowest BCUT2D eigenvalue weighted by atomic mass is 9.93. The number of imide groups is 1. The van der Waals surface area contributed by atoms with Gasteiger partial charge in [-0.05, 0) is 61.9 Å². The van der Waals surface area contributed by atoms with Crippen molar-refractivity contribution in [2.24, 2.45) is 11.8 Å². The maximum Gasteiger partial charge on any atom is 0.452 e. The van der Waals surface area contributed by atoms with Gasteiger partial charge in [0.25, 0.3) is 23.5 Å². The van der Waals surface area contributed by atoms with Gasteiger partial charge in [0.1, 0.15) is 12.1 Å². The minimum atomic E-state index is -5.31. The van der Waals surface area contributed by atoms with Crippen molar-refractivity contribution in [1.29, 1.82) is 0 Å². The second-order valence-electron chi connectivity index (χ2n) is 10.8. The van der Waals surface area contributed by atoms with Crippen molar-refractivity contribution in [3.05, 3.63) is 35.4 Å². The summed E-state index contributed by atoms with van der Waals surface area (Å²) in [4.78, 5) is 76.0. The summed E-state index contributed by atoms with van der Waals surface area (Å²) in [6.07, 6.45) is -4.37. The maximum atomic E-state index is 13.8. The molecule has 1 aliphatic rings. The summed E-state index contributed by atoms with van der Waals surface area (Å²) in [5, 5.41) is 16.6. The molecular formula is C28H37F3N4O7. The van der Waals surface area contributed by atoms with Gasteiger partial charge in [-0.25, -0.2) is 0 Å². The number of rotatable bonds is 13. The number of nitrogens with one attached hydrogen (secondary N) is 3. The van der Waals surface area contributed by atoms with Crippen molar-refractivity contribution in [3.8, 4) is 0 Å². The van der Waals surface area contributed by atoms with Gasteiger partial charge in [-0.1, -0.05) is 27.7 Å². The second kappa shape index (κ2) is 14.9. The first kappa shape index (κ1) is 34.4. The van der Waals surface area contributed by atoms with E-state index in [0.29, 0.717) is 17.9 Å². The summed E-state index contributed by atoms with van der Waals surface area (Å²) in [7, 11) is 0. The summed E-state index contributed by atoms with van der Waals surface area (Å²) in [6.45, 7) is 6.22. The third kappa shape index (κ3) is 9.10. The minimum Gasteiger partial charge on any atom is -0.481 e. The van der Waals surface area contributed by atoms with Gasteiger partial charge < -0.3 is 21.1 Å². The van der Waals surface area contributed by atoms with Crippen molar-refractivity contribution >= 4 is 35.4 Å². The van der Waals surface area contributed by atoms with Crippen LogP contribution in [0.5, 0.6) is 0 Å². The highest BCUT2D eigenvalue weighted by molar-refractivity contribution is 6.07. The van der Waals surface area contributed by atoms with Crippen molar-refractivity contribution in [2.45, 2.75) is 77.7 Å². The highest BCUT2D eigenvalue weighted by Crippen LogP contribution is 2.27. The molecule has 1 saturated heterocycles. The first-order valence-corrected chi connectivity index (χ1v) is 13.7. The van der Waals surface area contributed by atoms with E-state index in [-0.39, 0.29) is 36.9 Å².